The highest BCUT2D eigenvalue weighted by atomic mass is 35.5. The number of carbonyl (C=O) groups is 1. The summed E-state index contributed by atoms with van der Waals surface area (Å²) in [4.78, 5) is 11.5. The van der Waals surface area contributed by atoms with Gasteiger partial charge >= 0.3 is 0 Å². The first-order valence-corrected chi connectivity index (χ1v) is 5.59. The Bertz CT molecular complexity index is 434. The van der Waals surface area contributed by atoms with Crippen molar-refractivity contribution in [2.45, 2.75) is 11.8 Å². The van der Waals surface area contributed by atoms with Crippen molar-refractivity contribution >= 4 is 28.6 Å². The normalized spacial score (nSPS) is 12.3. The Balaban J connectivity index is 3.35. The average molecular weight is 248 g/mol. The Hall–Kier alpha value is -0.910. The third-order valence-corrected chi connectivity index (χ3v) is 3.17. The predicted molar refractivity (Wildman–Crippen MR) is 58.6 cm³/mol. The van der Waals surface area contributed by atoms with E-state index in [4.69, 9.17) is 16.2 Å². The summed E-state index contributed by atoms with van der Waals surface area (Å²) in [6, 6.07) is 2.82. The fraction of sp³-hybridized carbons (Fsp3) is 0.222. The van der Waals surface area contributed by atoms with Crippen molar-refractivity contribution < 1.29 is 13.6 Å². The fourth-order valence-corrected chi connectivity index (χ4v) is 1.99. The summed E-state index contributed by atoms with van der Waals surface area (Å²) in [6.45, 7) is 1.62. The third-order valence-electron chi connectivity index (χ3n) is 1.97. The summed E-state index contributed by atoms with van der Waals surface area (Å²) in [5, 5.41) is 2.72. The molecule has 0 fully saturated rings. The van der Waals surface area contributed by atoms with Crippen LogP contribution in [0.1, 0.15) is 15.9 Å². The maximum atomic E-state index is 11.3. The van der Waals surface area contributed by atoms with Crippen LogP contribution in [0.3, 0.4) is 0 Å². The van der Waals surface area contributed by atoms with Crippen molar-refractivity contribution in [2.24, 2.45) is 0 Å². The van der Waals surface area contributed by atoms with Gasteiger partial charge in [-0.1, -0.05) is 11.6 Å². The second-order valence-corrected chi connectivity index (χ2v) is 4.25. The molecule has 0 aromatic heterocycles. The van der Waals surface area contributed by atoms with Gasteiger partial charge in [-0.2, -0.15) is 0 Å². The van der Waals surface area contributed by atoms with Crippen molar-refractivity contribution in [3.05, 3.63) is 28.3 Å². The molecule has 1 aromatic carbocycles. The lowest BCUT2D eigenvalue weighted by atomic mass is 10.1. The molecule has 1 atom stereocenters. The van der Waals surface area contributed by atoms with Gasteiger partial charge in [0.2, 0.25) is 0 Å². The maximum Gasteiger partial charge on any atom is 0.251 e. The lowest BCUT2D eigenvalue weighted by molar-refractivity contribution is 0.0963. The molecular formula is C9H10ClNO3S. The largest absolute Gasteiger partial charge is 0.355 e. The third kappa shape index (κ3) is 2.56. The van der Waals surface area contributed by atoms with Gasteiger partial charge in [0.1, 0.15) is 0 Å². The molecule has 4 nitrogen and oxygen atoms in total. The number of nitrogens with one attached hydrogen (secondary N) is 1. The van der Waals surface area contributed by atoms with E-state index < -0.39 is 11.1 Å². The summed E-state index contributed by atoms with van der Waals surface area (Å²) in [7, 11) is 1.48. The lowest BCUT2D eigenvalue weighted by Gasteiger charge is -2.07. The Morgan fingerprint density at radius 1 is 1.53 bits per heavy atom. The van der Waals surface area contributed by atoms with E-state index in [1.165, 1.54) is 19.2 Å². The van der Waals surface area contributed by atoms with Crippen molar-refractivity contribution in [1.29, 1.82) is 0 Å². The molecule has 0 radical (unpaired) electrons. The number of benzene rings is 1. The molecule has 0 aliphatic rings. The molecule has 0 heterocycles. The summed E-state index contributed by atoms with van der Waals surface area (Å²) in [5.41, 5.74) is 0.774. The molecule has 0 aliphatic heterocycles. The number of amides is 1. The van der Waals surface area contributed by atoms with E-state index in [0.717, 1.165) is 0 Å². The van der Waals surface area contributed by atoms with Crippen LogP contribution in [0.2, 0.25) is 5.02 Å². The smallest absolute Gasteiger partial charge is 0.251 e. The van der Waals surface area contributed by atoms with Gasteiger partial charge in [-0.25, -0.2) is 4.21 Å². The molecule has 1 aromatic rings. The van der Waals surface area contributed by atoms with Gasteiger partial charge in [-0.05, 0) is 24.6 Å². The van der Waals surface area contributed by atoms with Crippen molar-refractivity contribution in [3.8, 4) is 0 Å². The highest BCUT2D eigenvalue weighted by Crippen LogP contribution is 2.23. The minimum absolute atomic E-state index is 0.154. The second kappa shape index (κ2) is 4.74. The Morgan fingerprint density at radius 3 is 2.60 bits per heavy atom. The van der Waals surface area contributed by atoms with Crippen LogP contribution in [-0.4, -0.2) is 21.7 Å². The van der Waals surface area contributed by atoms with Crippen LogP contribution in [0.4, 0.5) is 0 Å². The van der Waals surface area contributed by atoms with Crippen molar-refractivity contribution in [1.82, 2.24) is 5.32 Å². The second-order valence-electron chi connectivity index (χ2n) is 2.91. The highest BCUT2D eigenvalue weighted by molar-refractivity contribution is 7.79. The highest BCUT2D eigenvalue weighted by Gasteiger charge is 2.13. The maximum absolute atomic E-state index is 11.3. The lowest BCUT2D eigenvalue weighted by Crippen LogP contribution is -2.18. The molecule has 2 N–H and O–H groups in total. The van der Waals surface area contributed by atoms with Crippen LogP contribution in [0.25, 0.3) is 0 Å². The van der Waals surface area contributed by atoms with Crippen LogP contribution in [0.5, 0.6) is 0 Å². The molecule has 1 rings (SSSR count). The zero-order valence-corrected chi connectivity index (χ0v) is 9.78. The standard InChI is InChI=1S/C9H10ClNO3S/c1-5-7(10)3-6(9(12)11-2)4-8(5)15(13)14/h3-4H,1-2H3,(H,11,12)(H,13,14). The molecule has 82 valence electrons. The molecule has 0 saturated carbocycles. The number of carbonyl (C=O) groups excluding carboxylic acids is 1. The van der Waals surface area contributed by atoms with E-state index in [0.29, 0.717) is 10.6 Å². The van der Waals surface area contributed by atoms with Gasteiger partial charge in [-0.15, -0.1) is 0 Å². The molecule has 0 spiro atoms. The van der Waals surface area contributed by atoms with Crippen LogP contribution < -0.4 is 5.32 Å². The Labute approximate surface area is 94.9 Å². The molecule has 0 bridgehead atoms. The molecule has 6 heteroatoms. The van der Waals surface area contributed by atoms with E-state index in [1.807, 2.05) is 0 Å². The number of hydrogen-bond acceptors (Lipinski definition) is 2. The van der Waals surface area contributed by atoms with Gasteiger partial charge in [0.05, 0.1) is 4.90 Å². The minimum atomic E-state index is -2.14. The Morgan fingerprint density at radius 2 is 2.13 bits per heavy atom. The van der Waals surface area contributed by atoms with Crippen LogP contribution in [-0.2, 0) is 11.1 Å². The number of rotatable bonds is 2. The van der Waals surface area contributed by atoms with Crippen molar-refractivity contribution in [3.63, 3.8) is 0 Å². The van der Waals surface area contributed by atoms with E-state index >= 15 is 0 Å². The van der Waals surface area contributed by atoms with Gasteiger partial charge in [0.15, 0.2) is 11.1 Å². The monoisotopic (exact) mass is 247 g/mol. The molecule has 1 amide bonds. The summed E-state index contributed by atoms with van der Waals surface area (Å²) in [6.07, 6.45) is 0. The molecule has 0 saturated heterocycles. The first-order valence-electron chi connectivity index (χ1n) is 4.10. The quantitative estimate of drug-likeness (QED) is 0.780. The van der Waals surface area contributed by atoms with E-state index in [-0.39, 0.29) is 16.4 Å². The number of hydrogen-bond donors (Lipinski definition) is 2. The van der Waals surface area contributed by atoms with Crippen LogP contribution in [0.15, 0.2) is 17.0 Å². The summed E-state index contributed by atoms with van der Waals surface area (Å²) in [5.74, 6) is -0.344. The van der Waals surface area contributed by atoms with Gasteiger partial charge in [-0.3, -0.25) is 4.79 Å². The first-order chi connectivity index (χ1) is 6.97. The first kappa shape index (κ1) is 12.2. The van der Waals surface area contributed by atoms with E-state index in [2.05, 4.69) is 5.32 Å². The zero-order chi connectivity index (χ0) is 11.6. The van der Waals surface area contributed by atoms with Gasteiger partial charge < -0.3 is 9.87 Å². The topological polar surface area (TPSA) is 66.4 Å². The van der Waals surface area contributed by atoms with Gasteiger partial charge in [0, 0.05) is 17.6 Å². The van der Waals surface area contributed by atoms with Crippen molar-refractivity contribution in [2.75, 3.05) is 7.05 Å². The average Bonchev–Trinajstić information content (AvgIpc) is 2.20. The molecular weight excluding hydrogens is 238 g/mol. The zero-order valence-electron chi connectivity index (χ0n) is 8.20. The van der Waals surface area contributed by atoms with Crippen LogP contribution >= 0.6 is 11.6 Å². The molecule has 15 heavy (non-hydrogen) atoms. The minimum Gasteiger partial charge on any atom is -0.355 e. The predicted octanol–water partition coefficient (Wildman–Crippen LogP) is 1.59. The Kier molecular flexibility index (Phi) is 3.84. The SMILES string of the molecule is CNC(=O)c1cc(Cl)c(C)c(S(=O)O)c1. The van der Waals surface area contributed by atoms with Gasteiger partial charge in [0.25, 0.3) is 5.91 Å². The molecule has 1 unspecified atom stereocenters. The summed E-state index contributed by atoms with van der Waals surface area (Å²) < 4.78 is 19.9. The number of halogens is 1. The van der Waals surface area contributed by atoms with Crippen LogP contribution in [0, 0.1) is 6.92 Å². The van der Waals surface area contributed by atoms with E-state index in [1.54, 1.807) is 6.92 Å². The summed E-state index contributed by atoms with van der Waals surface area (Å²) >= 11 is 3.69. The molecule has 0 aliphatic carbocycles. The van der Waals surface area contributed by atoms with E-state index in [9.17, 15) is 9.00 Å². The fourth-order valence-electron chi connectivity index (χ4n) is 1.11.